The predicted molar refractivity (Wildman–Crippen MR) is 143 cm³/mol. The molecule has 1 saturated heterocycles. The van der Waals surface area contributed by atoms with Crippen LogP contribution in [0.5, 0.6) is 5.75 Å². The fourth-order valence-electron chi connectivity index (χ4n) is 5.52. The molecular formula is C29H35N3O4. The van der Waals surface area contributed by atoms with E-state index < -0.39 is 17.8 Å². The zero-order valence-electron chi connectivity index (χ0n) is 22.0. The summed E-state index contributed by atoms with van der Waals surface area (Å²) in [5.41, 5.74) is 4.12. The number of nitrogens with one attached hydrogen (secondary N) is 1. The van der Waals surface area contributed by atoms with Gasteiger partial charge in [-0.05, 0) is 68.4 Å². The number of carbonyl (C=O) groups excluding carboxylic acids is 3. The van der Waals surface area contributed by atoms with Crippen LogP contribution < -0.4 is 19.9 Å². The van der Waals surface area contributed by atoms with Crippen LogP contribution in [0, 0.1) is 0 Å². The SMILES string of the molecule is CCCN1c2cc(OC)c(/C=C3/C(=O)NC(=O)N(c4ccccc4CC)C3=O)cc2C(C)CC1(C)C. The molecule has 36 heavy (non-hydrogen) atoms. The lowest BCUT2D eigenvalue weighted by atomic mass is 9.79. The average Bonchev–Trinajstić information content (AvgIpc) is 2.84. The molecule has 0 spiro atoms. The maximum Gasteiger partial charge on any atom is 0.335 e. The Labute approximate surface area is 213 Å². The molecule has 0 bridgehead atoms. The summed E-state index contributed by atoms with van der Waals surface area (Å²) in [5.74, 6) is -0.496. The molecule has 1 fully saturated rings. The fraction of sp³-hybridized carbons (Fsp3) is 0.414. The van der Waals surface area contributed by atoms with Gasteiger partial charge < -0.3 is 9.64 Å². The van der Waals surface area contributed by atoms with Crippen molar-refractivity contribution in [2.75, 3.05) is 23.5 Å². The van der Waals surface area contributed by atoms with Crippen LogP contribution in [-0.2, 0) is 16.0 Å². The summed E-state index contributed by atoms with van der Waals surface area (Å²) in [5, 5.41) is 2.33. The summed E-state index contributed by atoms with van der Waals surface area (Å²) in [6.07, 6.45) is 4.18. The number of ether oxygens (including phenoxy) is 1. The largest absolute Gasteiger partial charge is 0.496 e. The number of nitrogens with zero attached hydrogens (tertiary/aromatic N) is 2. The van der Waals surface area contributed by atoms with E-state index in [9.17, 15) is 14.4 Å². The van der Waals surface area contributed by atoms with Crippen LogP contribution in [-0.4, -0.2) is 37.0 Å². The molecule has 0 aromatic heterocycles. The minimum absolute atomic E-state index is 0.000171. The Morgan fingerprint density at radius 3 is 2.50 bits per heavy atom. The fourth-order valence-corrected chi connectivity index (χ4v) is 5.52. The van der Waals surface area contributed by atoms with Crippen molar-refractivity contribution >= 4 is 35.3 Å². The summed E-state index contributed by atoms with van der Waals surface area (Å²) in [4.78, 5) is 42.5. The number of urea groups is 1. The highest BCUT2D eigenvalue weighted by atomic mass is 16.5. The molecule has 1 N–H and O–H groups in total. The molecule has 2 aliphatic heterocycles. The van der Waals surface area contributed by atoms with Gasteiger partial charge in [-0.1, -0.05) is 39.0 Å². The van der Waals surface area contributed by atoms with E-state index in [1.54, 1.807) is 25.3 Å². The summed E-state index contributed by atoms with van der Waals surface area (Å²) in [6, 6.07) is 10.5. The van der Waals surface area contributed by atoms with Gasteiger partial charge in [-0.2, -0.15) is 0 Å². The number of para-hydroxylation sites is 1. The molecular weight excluding hydrogens is 454 g/mol. The van der Waals surface area contributed by atoms with E-state index in [-0.39, 0.29) is 17.0 Å². The zero-order chi connectivity index (χ0) is 26.2. The molecule has 7 heteroatoms. The number of rotatable bonds is 6. The Hall–Kier alpha value is -3.61. The third-order valence-electron chi connectivity index (χ3n) is 7.20. The molecule has 7 nitrogen and oxygen atoms in total. The van der Waals surface area contributed by atoms with Crippen molar-refractivity contribution in [3.05, 3.63) is 58.7 Å². The Balaban J connectivity index is 1.82. The molecule has 2 heterocycles. The van der Waals surface area contributed by atoms with Crippen molar-refractivity contribution in [1.29, 1.82) is 0 Å². The first-order valence-electron chi connectivity index (χ1n) is 12.6. The third kappa shape index (κ3) is 4.38. The van der Waals surface area contributed by atoms with Crippen molar-refractivity contribution in [2.45, 2.75) is 65.3 Å². The minimum Gasteiger partial charge on any atom is -0.496 e. The van der Waals surface area contributed by atoms with Gasteiger partial charge in [-0.15, -0.1) is 0 Å². The maximum atomic E-state index is 13.5. The third-order valence-corrected chi connectivity index (χ3v) is 7.20. The number of benzene rings is 2. The molecule has 2 aliphatic rings. The van der Waals surface area contributed by atoms with E-state index >= 15 is 0 Å². The molecule has 0 saturated carbocycles. The molecule has 2 aromatic carbocycles. The van der Waals surface area contributed by atoms with Gasteiger partial charge in [0, 0.05) is 29.4 Å². The average molecular weight is 490 g/mol. The first-order chi connectivity index (χ1) is 17.1. The molecule has 190 valence electrons. The van der Waals surface area contributed by atoms with Crippen molar-refractivity contribution in [3.63, 3.8) is 0 Å². The first kappa shape index (κ1) is 25.5. The number of hydrogen-bond acceptors (Lipinski definition) is 5. The van der Waals surface area contributed by atoms with Gasteiger partial charge in [-0.3, -0.25) is 14.9 Å². The predicted octanol–water partition coefficient (Wildman–Crippen LogP) is 5.43. The second-order valence-corrected chi connectivity index (χ2v) is 10.2. The van der Waals surface area contributed by atoms with Gasteiger partial charge in [0.15, 0.2) is 0 Å². The van der Waals surface area contributed by atoms with Crippen LogP contribution in [0.2, 0.25) is 0 Å². The van der Waals surface area contributed by atoms with Gasteiger partial charge in [0.1, 0.15) is 11.3 Å². The van der Waals surface area contributed by atoms with E-state index in [2.05, 4.69) is 37.9 Å². The van der Waals surface area contributed by atoms with E-state index in [1.165, 1.54) is 0 Å². The maximum absolute atomic E-state index is 13.5. The second kappa shape index (κ2) is 9.80. The number of methoxy groups -OCH3 is 1. The lowest BCUT2D eigenvalue weighted by Crippen LogP contribution is -2.54. The van der Waals surface area contributed by atoms with Crippen molar-refractivity contribution < 1.29 is 19.1 Å². The molecule has 1 unspecified atom stereocenters. The smallest absolute Gasteiger partial charge is 0.335 e. The molecule has 1 atom stereocenters. The highest BCUT2D eigenvalue weighted by Crippen LogP contribution is 2.46. The monoisotopic (exact) mass is 489 g/mol. The number of amides is 4. The van der Waals surface area contributed by atoms with Gasteiger partial charge in [0.2, 0.25) is 0 Å². The lowest BCUT2D eigenvalue weighted by Gasteiger charge is -2.48. The molecule has 0 aliphatic carbocycles. The highest BCUT2D eigenvalue weighted by molar-refractivity contribution is 6.39. The van der Waals surface area contributed by atoms with Crippen LogP contribution in [0.3, 0.4) is 0 Å². The molecule has 2 aromatic rings. The van der Waals surface area contributed by atoms with Gasteiger partial charge in [0.25, 0.3) is 11.8 Å². The van der Waals surface area contributed by atoms with Crippen molar-refractivity contribution in [2.24, 2.45) is 0 Å². The number of fused-ring (bicyclic) bond motifs is 1. The Morgan fingerprint density at radius 2 is 1.83 bits per heavy atom. The Morgan fingerprint density at radius 1 is 1.11 bits per heavy atom. The molecule has 4 rings (SSSR count). The van der Waals surface area contributed by atoms with Crippen LogP contribution in [0.1, 0.15) is 70.1 Å². The van der Waals surface area contributed by atoms with E-state index in [0.717, 1.165) is 41.1 Å². The second-order valence-electron chi connectivity index (χ2n) is 10.2. The lowest BCUT2D eigenvalue weighted by molar-refractivity contribution is -0.122. The normalized spacial score (nSPS) is 20.4. The van der Waals surface area contributed by atoms with Crippen LogP contribution >= 0.6 is 0 Å². The number of imide groups is 2. The Bertz CT molecular complexity index is 1250. The molecule has 4 amide bonds. The summed E-state index contributed by atoms with van der Waals surface area (Å²) >= 11 is 0. The van der Waals surface area contributed by atoms with Crippen molar-refractivity contribution in [3.8, 4) is 5.75 Å². The number of aryl methyl sites for hydroxylation is 1. The first-order valence-corrected chi connectivity index (χ1v) is 12.6. The summed E-state index contributed by atoms with van der Waals surface area (Å²) in [7, 11) is 1.58. The number of barbiturate groups is 1. The van der Waals surface area contributed by atoms with Gasteiger partial charge in [-0.25, -0.2) is 9.69 Å². The van der Waals surface area contributed by atoms with Crippen LogP contribution in [0.15, 0.2) is 42.0 Å². The minimum atomic E-state index is -0.744. The topological polar surface area (TPSA) is 79.0 Å². The van der Waals surface area contributed by atoms with E-state index in [4.69, 9.17) is 4.74 Å². The Kier molecular flexibility index (Phi) is 6.94. The summed E-state index contributed by atoms with van der Waals surface area (Å²) in [6.45, 7) is 11.8. The quantitative estimate of drug-likeness (QED) is 0.433. The van der Waals surface area contributed by atoms with E-state index in [0.29, 0.717) is 23.4 Å². The standard InChI is InChI=1S/C29H35N3O4/c1-7-13-31-24-16-25(36-6)20(14-21(24)18(3)17-29(31,4)5)15-22-26(33)30-28(35)32(27(22)34)23-12-10-9-11-19(23)8-2/h9-12,14-16,18H,7-8,13,17H2,1-6H3,(H,30,33,35)/b22-15-. The van der Waals surface area contributed by atoms with Gasteiger partial charge in [0.05, 0.1) is 12.8 Å². The molecule has 0 radical (unpaired) electrons. The van der Waals surface area contributed by atoms with Gasteiger partial charge >= 0.3 is 6.03 Å². The van der Waals surface area contributed by atoms with Crippen LogP contribution in [0.25, 0.3) is 6.08 Å². The highest BCUT2D eigenvalue weighted by Gasteiger charge is 2.39. The van der Waals surface area contributed by atoms with Crippen molar-refractivity contribution in [1.82, 2.24) is 5.32 Å². The zero-order valence-corrected chi connectivity index (χ0v) is 22.0. The summed E-state index contributed by atoms with van der Waals surface area (Å²) < 4.78 is 5.73. The number of hydrogen-bond donors (Lipinski definition) is 1. The van der Waals surface area contributed by atoms with E-state index in [1.807, 2.05) is 31.2 Å². The van der Waals surface area contributed by atoms with Crippen LogP contribution in [0.4, 0.5) is 16.2 Å². The number of anilines is 2. The number of carbonyl (C=O) groups is 3.